The van der Waals surface area contributed by atoms with Crippen molar-refractivity contribution >= 4 is 14.3 Å². The molecule has 0 heterocycles. The first-order valence-electron chi connectivity index (χ1n) is 16.6. The van der Waals surface area contributed by atoms with Crippen molar-refractivity contribution in [3.05, 3.63) is 11.6 Å². The van der Waals surface area contributed by atoms with Gasteiger partial charge in [-0.25, -0.2) is 0 Å². The molecule has 0 spiro atoms. The fraction of sp³-hybridized carbons (Fsp3) is 0.914. The Labute approximate surface area is 247 Å². The molecule has 0 aromatic carbocycles. The van der Waals surface area contributed by atoms with E-state index in [1.54, 1.807) is 12.5 Å². The molecule has 0 radical (unpaired) electrons. The van der Waals surface area contributed by atoms with E-state index < -0.39 is 13.9 Å². The van der Waals surface area contributed by atoms with E-state index in [1.807, 2.05) is 13.8 Å². The van der Waals surface area contributed by atoms with E-state index in [-0.39, 0.29) is 28.6 Å². The van der Waals surface area contributed by atoms with Gasteiger partial charge in [0.05, 0.1) is 11.7 Å². The second-order valence-corrected chi connectivity index (χ2v) is 21.8. The fourth-order valence-corrected chi connectivity index (χ4v) is 11.1. The van der Waals surface area contributed by atoms with Crippen LogP contribution < -0.4 is 0 Å². The molecule has 0 bridgehead atoms. The van der Waals surface area contributed by atoms with E-state index in [0.29, 0.717) is 11.3 Å². The third-order valence-corrected chi connectivity index (χ3v) is 17.6. The average Bonchev–Trinajstić information content (AvgIpc) is 3.17. The number of esters is 1. The van der Waals surface area contributed by atoms with Crippen molar-refractivity contribution in [1.82, 2.24) is 0 Å². The average molecular weight is 575 g/mol. The molecule has 4 aliphatic rings. The van der Waals surface area contributed by atoms with E-state index in [0.717, 1.165) is 55.8 Å². The third kappa shape index (κ3) is 6.04. The van der Waals surface area contributed by atoms with Crippen molar-refractivity contribution in [2.75, 3.05) is 0 Å². The minimum Gasteiger partial charge on any atom is -0.462 e. The van der Waals surface area contributed by atoms with Crippen molar-refractivity contribution in [2.24, 2.45) is 40.4 Å². The zero-order chi connectivity index (χ0) is 29.9. The molecule has 4 rings (SSSR count). The topological polar surface area (TPSA) is 55.8 Å². The summed E-state index contributed by atoms with van der Waals surface area (Å²) in [6.45, 7) is 24.6. The predicted molar refractivity (Wildman–Crippen MR) is 168 cm³/mol. The quantitative estimate of drug-likeness (QED) is 0.178. The Morgan fingerprint density at radius 2 is 1.73 bits per heavy atom. The van der Waals surface area contributed by atoms with Gasteiger partial charge < -0.3 is 14.3 Å². The summed E-state index contributed by atoms with van der Waals surface area (Å²) in [5.74, 6) is 3.64. The highest BCUT2D eigenvalue weighted by molar-refractivity contribution is 6.74. The van der Waals surface area contributed by atoms with Gasteiger partial charge in [0.2, 0.25) is 0 Å². The highest BCUT2D eigenvalue weighted by Crippen LogP contribution is 2.67. The number of rotatable bonds is 8. The summed E-state index contributed by atoms with van der Waals surface area (Å²) >= 11 is 0. The van der Waals surface area contributed by atoms with Crippen molar-refractivity contribution in [1.29, 1.82) is 0 Å². The van der Waals surface area contributed by atoms with Gasteiger partial charge in [0.15, 0.2) is 8.32 Å². The van der Waals surface area contributed by atoms with Gasteiger partial charge in [-0.2, -0.15) is 0 Å². The molecule has 9 atom stereocenters. The van der Waals surface area contributed by atoms with Crippen LogP contribution in [0.1, 0.15) is 127 Å². The molecular formula is C35H62O4Si. The largest absolute Gasteiger partial charge is 0.462 e. The molecule has 0 aliphatic heterocycles. The molecule has 0 amide bonds. The van der Waals surface area contributed by atoms with Crippen LogP contribution in [0.5, 0.6) is 0 Å². The molecule has 0 saturated heterocycles. The number of hydrogen-bond donors (Lipinski definition) is 1. The number of hydrogen-bond acceptors (Lipinski definition) is 4. The molecule has 0 unspecified atom stereocenters. The molecule has 40 heavy (non-hydrogen) atoms. The molecule has 230 valence electrons. The third-order valence-electron chi connectivity index (χ3n) is 13.1. The van der Waals surface area contributed by atoms with Crippen LogP contribution in [0.2, 0.25) is 18.1 Å². The zero-order valence-corrected chi connectivity index (χ0v) is 28.9. The summed E-state index contributed by atoms with van der Waals surface area (Å²) in [7, 11) is -1.97. The Balaban J connectivity index is 1.44. The van der Waals surface area contributed by atoms with Crippen LogP contribution >= 0.6 is 0 Å². The molecule has 1 N–H and O–H groups in total. The maximum atomic E-state index is 11.6. The first kappa shape index (κ1) is 32.3. The summed E-state index contributed by atoms with van der Waals surface area (Å²) in [5.41, 5.74) is 1.45. The monoisotopic (exact) mass is 574 g/mol. The highest BCUT2D eigenvalue weighted by atomic mass is 28.4. The molecule has 3 fully saturated rings. The van der Waals surface area contributed by atoms with Crippen LogP contribution in [-0.2, 0) is 14.0 Å². The predicted octanol–water partition coefficient (Wildman–Crippen LogP) is 9.07. The van der Waals surface area contributed by atoms with Crippen LogP contribution in [0.25, 0.3) is 0 Å². The number of aliphatic hydroxyl groups is 1. The van der Waals surface area contributed by atoms with Crippen LogP contribution in [0, 0.1) is 40.4 Å². The lowest BCUT2D eigenvalue weighted by Crippen LogP contribution is -2.51. The van der Waals surface area contributed by atoms with Gasteiger partial charge in [0, 0.05) is 13.3 Å². The smallest absolute Gasteiger partial charge is 0.302 e. The summed E-state index contributed by atoms with van der Waals surface area (Å²) < 4.78 is 12.5. The van der Waals surface area contributed by atoms with Gasteiger partial charge in [-0.1, -0.05) is 53.2 Å². The normalized spacial score (nSPS) is 38.0. The zero-order valence-electron chi connectivity index (χ0n) is 27.9. The Hall–Kier alpha value is -0.653. The first-order chi connectivity index (χ1) is 18.3. The van der Waals surface area contributed by atoms with Crippen molar-refractivity contribution in [2.45, 2.75) is 162 Å². The molecule has 4 aliphatic carbocycles. The Kier molecular flexibility index (Phi) is 8.97. The van der Waals surface area contributed by atoms with Gasteiger partial charge in [0.25, 0.3) is 0 Å². The van der Waals surface area contributed by atoms with Crippen LogP contribution in [-0.4, -0.2) is 37.2 Å². The van der Waals surface area contributed by atoms with Gasteiger partial charge in [-0.3, -0.25) is 4.79 Å². The highest BCUT2D eigenvalue weighted by Gasteiger charge is 2.59. The summed E-state index contributed by atoms with van der Waals surface area (Å²) in [6, 6.07) is 0. The van der Waals surface area contributed by atoms with Crippen molar-refractivity contribution in [3.8, 4) is 0 Å². The van der Waals surface area contributed by atoms with E-state index in [9.17, 15) is 9.90 Å². The Morgan fingerprint density at radius 3 is 2.33 bits per heavy atom. The van der Waals surface area contributed by atoms with Crippen molar-refractivity contribution in [3.63, 3.8) is 0 Å². The fourth-order valence-electron chi connectivity index (χ4n) is 9.64. The van der Waals surface area contributed by atoms with E-state index >= 15 is 0 Å². The standard InChI is InChI=1S/C35H62O4Si/c1-23(12-17-31(33(6,7)37)39-40(10,11)32(3,4)5)28-15-16-29-27-14-13-25-22-26(38-24(2)36)18-20-34(25,8)30(27)19-21-35(28,29)9/h13,23,26-31,37H,12,14-22H2,1-11H3/t23-,26+,27+,28-,29+,30+,31-,34+,35-/m1/s1. The summed E-state index contributed by atoms with van der Waals surface area (Å²) in [6.07, 6.45) is 14.3. The maximum Gasteiger partial charge on any atom is 0.302 e. The minimum absolute atomic E-state index is 0.0762. The van der Waals surface area contributed by atoms with Crippen LogP contribution in [0.15, 0.2) is 11.6 Å². The SMILES string of the molecule is CC(=O)O[C@H]1CC[C@@]2(C)C(=CC[C@H]3[C@@H]4CC[C@H]([C@H](C)CC[C@@H](O[Si](C)(C)C(C)(C)C)C(C)(C)O)[C@@]4(C)CC[C@@H]32)C1. The van der Waals surface area contributed by atoms with Gasteiger partial charge in [0.1, 0.15) is 6.10 Å². The second kappa shape index (κ2) is 11.1. The molecule has 3 saturated carbocycles. The number of fused-ring (bicyclic) bond motifs is 5. The summed E-state index contributed by atoms with van der Waals surface area (Å²) in [4.78, 5) is 11.6. The summed E-state index contributed by atoms with van der Waals surface area (Å²) in [5, 5.41) is 11.2. The molecule has 5 heteroatoms. The number of ether oxygens (including phenoxy) is 1. The first-order valence-corrected chi connectivity index (χ1v) is 19.5. The number of carbonyl (C=O) groups is 1. The van der Waals surface area contributed by atoms with E-state index in [4.69, 9.17) is 9.16 Å². The number of carbonyl (C=O) groups excluding carboxylic acids is 1. The van der Waals surface area contributed by atoms with E-state index in [2.05, 4.69) is 60.7 Å². The van der Waals surface area contributed by atoms with Crippen molar-refractivity contribution < 1.29 is 19.1 Å². The van der Waals surface area contributed by atoms with Gasteiger partial charge in [-0.15, -0.1) is 0 Å². The molecule has 0 aromatic heterocycles. The Morgan fingerprint density at radius 1 is 1.05 bits per heavy atom. The molecular weight excluding hydrogens is 512 g/mol. The Bertz CT molecular complexity index is 957. The lowest BCUT2D eigenvalue weighted by atomic mass is 9.47. The maximum absolute atomic E-state index is 11.6. The van der Waals surface area contributed by atoms with E-state index in [1.165, 1.54) is 32.1 Å². The number of allylic oxidation sites excluding steroid dienone is 1. The lowest BCUT2D eigenvalue weighted by molar-refractivity contribution is -0.148. The van der Waals surface area contributed by atoms with Crippen LogP contribution in [0.3, 0.4) is 0 Å². The molecule has 4 nitrogen and oxygen atoms in total. The van der Waals surface area contributed by atoms with Gasteiger partial charge in [-0.05, 0) is 130 Å². The second-order valence-electron chi connectivity index (χ2n) is 17.0. The van der Waals surface area contributed by atoms with Gasteiger partial charge >= 0.3 is 5.97 Å². The van der Waals surface area contributed by atoms with Crippen LogP contribution in [0.4, 0.5) is 0 Å². The lowest BCUT2D eigenvalue weighted by Gasteiger charge is -2.58. The minimum atomic E-state index is -1.97. The molecule has 0 aromatic rings.